The SMILES string of the molecule is CCC[C@H](NC[C@H](Cc1ccccc1)NC(=O)c1cc(C(=O)N[C@H](C)c2ccccc2)cc(N(C)S(C)(=O)=O)c1)C(=O)NCC1CC1(C)C. The molecule has 3 aromatic rings. The molecule has 0 aliphatic heterocycles. The maximum Gasteiger partial charge on any atom is 0.251 e. The molecule has 0 heterocycles. The van der Waals surface area contributed by atoms with Gasteiger partial charge in [-0.3, -0.25) is 18.7 Å². The van der Waals surface area contributed by atoms with Crippen LogP contribution in [0.3, 0.4) is 0 Å². The smallest absolute Gasteiger partial charge is 0.251 e. The first-order valence-corrected chi connectivity index (χ1v) is 18.8. The van der Waals surface area contributed by atoms with Gasteiger partial charge in [0, 0.05) is 37.3 Å². The van der Waals surface area contributed by atoms with E-state index in [0.717, 1.165) is 34.5 Å². The summed E-state index contributed by atoms with van der Waals surface area (Å²) in [5, 5.41) is 12.6. The number of carbonyl (C=O) groups is 3. The van der Waals surface area contributed by atoms with Crippen molar-refractivity contribution in [2.24, 2.45) is 11.3 Å². The summed E-state index contributed by atoms with van der Waals surface area (Å²) in [4.78, 5) is 40.6. The van der Waals surface area contributed by atoms with Crippen LogP contribution in [0.25, 0.3) is 0 Å². The number of sulfonamides is 1. The average molecular weight is 690 g/mol. The van der Waals surface area contributed by atoms with Crippen LogP contribution in [0.1, 0.15) is 84.8 Å². The van der Waals surface area contributed by atoms with Gasteiger partial charge in [-0.25, -0.2) is 8.42 Å². The molecule has 11 heteroatoms. The Morgan fingerprint density at radius 1 is 0.918 bits per heavy atom. The number of nitrogens with one attached hydrogen (secondary N) is 4. The lowest BCUT2D eigenvalue weighted by atomic mass is 10.0. The van der Waals surface area contributed by atoms with Crippen LogP contribution in [0.5, 0.6) is 0 Å². The highest BCUT2D eigenvalue weighted by Crippen LogP contribution is 2.51. The summed E-state index contributed by atoms with van der Waals surface area (Å²) in [6.07, 6.45) is 4.10. The van der Waals surface area contributed by atoms with Crippen molar-refractivity contribution >= 4 is 33.4 Å². The molecule has 3 amide bonds. The Morgan fingerprint density at radius 3 is 2.04 bits per heavy atom. The van der Waals surface area contributed by atoms with E-state index in [1.807, 2.05) is 74.5 Å². The van der Waals surface area contributed by atoms with Gasteiger partial charge in [-0.1, -0.05) is 87.9 Å². The summed E-state index contributed by atoms with van der Waals surface area (Å²) in [6.45, 7) is 9.27. The minimum absolute atomic E-state index is 0.0498. The van der Waals surface area contributed by atoms with Crippen LogP contribution in [0.4, 0.5) is 5.69 Å². The van der Waals surface area contributed by atoms with Gasteiger partial charge in [0.05, 0.1) is 24.0 Å². The molecule has 4 rings (SSSR count). The number of benzene rings is 3. The van der Waals surface area contributed by atoms with Gasteiger partial charge < -0.3 is 21.3 Å². The number of carbonyl (C=O) groups excluding carboxylic acids is 3. The first kappa shape index (κ1) is 37.6. The Hall–Kier alpha value is -4.22. The molecule has 0 aromatic heterocycles. The van der Waals surface area contributed by atoms with Crippen LogP contribution in [0, 0.1) is 11.3 Å². The monoisotopic (exact) mass is 689 g/mol. The lowest BCUT2D eigenvalue weighted by molar-refractivity contribution is -0.123. The van der Waals surface area contributed by atoms with Crippen molar-refractivity contribution < 1.29 is 22.8 Å². The van der Waals surface area contributed by atoms with Crippen LogP contribution in [0.15, 0.2) is 78.9 Å². The molecule has 4 atom stereocenters. The zero-order valence-electron chi connectivity index (χ0n) is 29.5. The maximum atomic E-state index is 13.9. The van der Waals surface area contributed by atoms with Gasteiger partial charge in [0.15, 0.2) is 0 Å². The highest BCUT2D eigenvalue weighted by atomic mass is 32.2. The quantitative estimate of drug-likeness (QED) is 0.160. The molecule has 1 fully saturated rings. The molecular formula is C38H51N5O5S. The predicted molar refractivity (Wildman–Crippen MR) is 195 cm³/mol. The van der Waals surface area contributed by atoms with Gasteiger partial charge in [-0.05, 0) is 66.8 Å². The van der Waals surface area contributed by atoms with Gasteiger partial charge in [0.2, 0.25) is 15.9 Å². The van der Waals surface area contributed by atoms with Gasteiger partial charge in [0.25, 0.3) is 11.8 Å². The Labute approximate surface area is 291 Å². The van der Waals surface area contributed by atoms with Crippen molar-refractivity contribution in [3.8, 4) is 0 Å². The predicted octanol–water partition coefficient (Wildman–Crippen LogP) is 4.84. The van der Waals surface area contributed by atoms with Gasteiger partial charge >= 0.3 is 0 Å². The summed E-state index contributed by atoms with van der Waals surface area (Å²) in [5.41, 5.74) is 2.64. The van der Waals surface area contributed by atoms with E-state index in [-0.39, 0.29) is 34.2 Å². The Kier molecular flexibility index (Phi) is 12.6. The number of nitrogens with zero attached hydrogens (tertiary/aromatic N) is 1. The second kappa shape index (κ2) is 16.5. The molecule has 1 saturated carbocycles. The summed E-state index contributed by atoms with van der Waals surface area (Å²) >= 11 is 0. The van der Waals surface area contributed by atoms with Crippen LogP contribution in [-0.4, -0.2) is 64.6 Å². The second-order valence-corrected chi connectivity index (χ2v) is 15.9. The molecule has 1 aliphatic rings. The Morgan fingerprint density at radius 2 is 1.49 bits per heavy atom. The third kappa shape index (κ3) is 10.9. The van der Waals surface area contributed by atoms with E-state index in [1.54, 1.807) is 0 Å². The summed E-state index contributed by atoms with van der Waals surface area (Å²) in [7, 11) is -2.31. The minimum Gasteiger partial charge on any atom is -0.354 e. The fourth-order valence-electron chi connectivity index (χ4n) is 5.86. The normalized spacial score (nSPS) is 16.9. The summed E-state index contributed by atoms with van der Waals surface area (Å²) in [6, 6.07) is 22.4. The molecule has 0 spiro atoms. The number of amides is 3. The molecule has 264 valence electrons. The van der Waals surface area contributed by atoms with Crippen LogP contribution >= 0.6 is 0 Å². The molecule has 0 bridgehead atoms. The van der Waals surface area contributed by atoms with E-state index >= 15 is 0 Å². The average Bonchev–Trinajstić information content (AvgIpc) is 3.70. The van der Waals surface area contributed by atoms with Crippen molar-refractivity contribution in [2.45, 2.75) is 71.5 Å². The number of rotatable bonds is 17. The van der Waals surface area contributed by atoms with Crippen LogP contribution in [0.2, 0.25) is 0 Å². The molecule has 0 saturated heterocycles. The standard InChI is InChI=1S/C38H51N5O5S/c1-7-14-34(37(46)40-24-31-23-38(31,3)4)39-25-32(19-27-15-10-8-11-16-27)42-36(45)30-20-29(21-33(22-30)43(5)49(6,47)48)35(44)41-26(2)28-17-12-9-13-18-28/h8-13,15-18,20-22,26,31-32,34,39H,7,14,19,23-25H2,1-6H3,(H,40,46)(H,41,44)(H,42,45)/t26-,31?,32+,34+/m1/s1. The lowest BCUT2D eigenvalue weighted by Gasteiger charge is -2.24. The third-order valence-electron chi connectivity index (χ3n) is 9.36. The molecule has 1 aliphatic carbocycles. The Balaban J connectivity index is 1.56. The molecule has 4 N–H and O–H groups in total. The van der Waals surface area contributed by atoms with Crippen molar-refractivity contribution in [2.75, 3.05) is 30.7 Å². The fraction of sp³-hybridized carbons (Fsp3) is 0.447. The van der Waals surface area contributed by atoms with Gasteiger partial charge in [0.1, 0.15) is 0 Å². The second-order valence-electron chi connectivity index (χ2n) is 13.8. The number of hydrogen-bond acceptors (Lipinski definition) is 6. The van der Waals surface area contributed by atoms with Gasteiger partial charge in [-0.2, -0.15) is 0 Å². The van der Waals surface area contributed by atoms with E-state index < -0.39 is 33.9 Å². The molecule has 49 heavy (non-hydrogen) atoms. The zero-order valence-corrected chi connectivity index (χ0v) is 30.3. The molecule has 3 aromatic carbocycles. The maximum absolute atomic E-state index is 13.9. The highest BCUT2D eigenvalue weighted by Gasteiger charge is 2.45. The number of anilines is 1. The zero-order chi connectivity index (χ0) is 35.8. The molecule has 1 unspecified atom stereocenters. The first-order valence-electron chi connectivity index (χ1n) is 17.0. The summed E-state index contributed by atoms with van der Waals surface area (Å²) < 4.78 is 26.0. The van der Waals surface area contributed by atoms with E-state index in [2.05, 4.69) is 35.1 Å². The van der Waals surface area contributed by atoms with Crippen LogP contribution in [-0.2, 0) is 21.2 Å². The fourth-order valence-corrected chi connectivity index (χ4v) is 6.35. The van der Waals surface area contributed by atoms with Crippen LogP contribution < -0.4 is 25.6 Å². The van der Waals surface area contributed by atoms with Crippen molar-refractivity contribution in [3.05, 3.63) is 101 Å². The molecule has 10 nitrogen and oxygen atoms in total. The molecular weight excluding hydrogens is 639 g/mol. The molecule has 0 radical (unpaired) electrons. The van der Waals surface area contributed by atoms with Crippen molar-refractivity contribution in [3.63, 3.8) is 0 Å². The highest BCUT2D eigenvalue weighted by molar-refractivity contribution is 7.92. The minimum atomic E-state index is -3.69. The van der Waals surface area contributed by atoms with Crippen molar-refractivity contribution in [1.29, 1.82) is 0 Å². The topological polar surface area (TPSA) is 137 Å². The first-order chi connectivity index (χ1) is 23.2. The van der Waals surface area contributed by atoms with E-state index in [9.17, 15) is 22.8 Å². The summed E-state index contributed by atoms with van der Waals surface area (Å²) in [5.74, 6) is -0.482. The number of hydrogen-bond donors (Lipinski definition) is 4. The third-order valence-corrected chi connectivity index (χ3v) is 10.6. The van der Waals surface area contributed by atoms with E-state index in [1.165, 1.54) is 25.2 Å². The van der Waals surface area contributed by atoms with E-state index in [4.69, 9.17) is 0 Å². The largest absolute Gasteiger partial charge is 0.354 e. The lowest BCUT2D eigenvalue weighted by Crippen LogP contribution is -2.51. The Bertz CT molecular complexity index is 1700. The van der Waals surface area contributed by atoms with Crippen molar-refractivity contribution in [1.82, 2.24) is 21.3 Å². The van der Waals surface area contributed by atoms with E-state index in [0.29, 0.717) is 31.8 Å². The van der Waals surface area contributed by atoms with Gasteiger partial charge in [-0.15, -0.1) is 0 Å².